The monoisotopic (exact) mass is 221 g/mol. The molecule has 0 aliphatic rings. The summed E-state index contributed by atoms with van der Waals surface area (Å²) in [4.78, 5) is 6.77. The highest BCUT2D eigenvalue weighted by atomic mass is 15.1. The Morgan fingerprint density at radius 2 is 1.88 bits per heavy atom. The van der Waals surface area contributed by atoms with E-state index < -0.39 is 0 Å². The summed E-state index contributed by atoms with van der Waals surface area (Å²) < 4.78 is 0. The van der Waals surface area contributed by atoms with Crippen molar-refractivity contribution in [3.05, 3.63) is 24.0 Å². The average molecular weight is 221 g/mol. The van der Waals surface area contributed by atoms with Crippen molar-refractivity contribution in [3.63, 3.8) is 0 Å². The lowest BCUT2D eigenvalue weighted by Gasteiger charge is -2.23. The van der Waals surface area contributed by atoms with Crippen LogP contribution in [0.2, 0.25) is 0 Å². The van der Waals surface area contributed by atoms with Gasteiger partial charge in [0.05, 0.1) is 17.6 Å². The summed E-state index contributed by atoms with van der Waals surface area (Å²) in [6.45, 7) is 8.54. The smallest absolute Gasteiger partial charge is 0.0569 e. The lowest BCUT2D eigenvalue weighted by molar-refractivity contribution is 0.737. The van der Waals surface area contributed by atoms with Gasteiger partial charge in [0.15, 0.2) is 0 Å². The van der Waals surface area contributed by atoms with Gasteiger partial charge in [-0.25, -0.2) is 0 Å². The summed E-state index contributed by atoms with van der Waals surface area (Å²) in [6, 6.07) is 4.16. The predicted molar refractivity (Wildman–Crippen MR) is 69.6 cm³/mol. The third-order valence-electron chi connectivity index (χ3n) is 2.59. The molecule has 0 fully saturated rings. The van der Waals surface area contributed by atoms with Crippen LogP contribution in [-0.2, 0) is 0 Å². The summed E-state index contributed by atoms with van der Waals surface area (Å²) in [7, 11) is 0. The Labute approximate surface area is 98.7 Å². The minimum Gasteiger partial charge on any atom is -0.370 e. The zero-order valence-corrected chi connectivity index (χ0v) is 10.6. The van der Waals surface area contributed by atoms with Gasteiger partial charge in [0.1, 0.15) is 0 Å². The number of nitrogens with zero attached hydrogens (tertiary/aromatic N) is 2. The lowest BCUT2D eigenvalue weighted by atomic mass is 10.2. The Bertz CT molecular complexity index is 287. The molecule has 1 heterocycles. The van der Waals surface area contributed by atoms with Crippen LogP contribution in [0.4, 0.5) is 5.69 Å². The average Bonchev–Trinajstić information content (AvgIpc) is 2.29. The fourth-order valence-electron chi connectivity index (χ4n) is 1.76. The maximum atomic E-state index is 5.78. The Kier molecular flexibility index (Phi) is 5.26. The van der Waals surface area contributed by atoms with E-state index in [1.165, 1.54) is 5.69 Å². The van der Waals surface area contributed by atoms with E-state index >= 15 is 0 Å². The number of nitrogens with two attached hydrogens (primary N) is 1. The minimum atomic E-state index is 0.0138. The summed E-state index contributed by atoms with van der Waals surface area (Å²) in [5.41, 5.74) is 7.94. The van der Waals surface area contributed by atoms with Crippen LogP contribution >= 0.6 is 0 Å². The van der Waals surface area contributed by atoms with Crippen molar-refractivity contribution in [2.24, 2.45) is 5.73 Å². The quantitative estimate of drug-likeness (QED) is 0.803. The molecule has 0 unspecified atom stereocenters. The molecule has 0 aliphatic heterocycles. The van der Waals surface area contributed by atoms with Crippen molar-refractivity contribution in [3.8, 4) is 0 Å². The number of rotatable bonds is 6. The number of hydrogen-bond donors (Lipinski definition) is 1. The third-order valence-corrected chi connectivity index (χ3v) is 2.59. The van der Waals surface area contributed by atoms with Crippen molar-refractivity contribution in [1.29, 1.82) is 0 Å². The van der Waals surface area contributed by atoms with Gasteiger partial charge in [-0.05, 0) is 31.9 Å². The van der Waals surface area contributed by atoms with E-state index in [2.05, 4.69) is 29.8 Å². The first kappa shape index (κ1) is 13.0. The molecule has 90 valence electrons. The highest BCUT2D eigenvalue weighted by molar-refractivity contribution is 5.44. The van der Waals surface area contributed by atoms with Crippen LogP contribution in [0.15, 0.2) is 18.3 Å². The molecule has 0 aromatic carbocycles. The zero-order chi connectivity index (χ0) is 12.0. The highest BCUT2D eigenvalue weighted by Crippen LogP contribution is 2.16. The van der Waals surface area contributed by atoms with E-state index in [4.69, 9.17) is 5.73 Å². The van der Waals surface area contributed by atoms with Gasteiger partial charge in [0, 0.05) is 19.1 Å². The fourth-order valence-corrected chi connectivity index (χ4v) is 1.76. The predicted octanol–water partition coefficient (Wildman–Crippen LogP) is 2.73. The van der Waals surface area contributed by atoms with Crippen LogP contribution in [0.5, 0.6) is 0 Å². The molecule has 0 saturated heterocycles. The van der Waals surface area contributed by atoms with Crippen LogP contribution in [0, 0.1) is 0 Å². The SMILES string of the molecule is CCCN(CCC)c1ccc([C@@H](C)N)nc1. The number of anilines is 1. The molecule has 1 aromatic heterocycles. The minimum absolute atomic E-state index is 0.0138. The van der Waals surface area contributed by atoms with Gasteiger partial charge < -0.3 is 10.6 Å². The van der Waals surface area contributed by atoms with Gasteiger partial charge in [-0.1, -0.05) is 13.8 Å². The normalized spacial score (nSPS) is 12.5. The van der Waals surface area contributed by atoms with E-state index in [1.54, 1.807) is 0 Å². The van der Waals surface area contributed by atoms with Gasteiger partial charge in [0.25, 0.3) is 0 Å². The first-order valence-electron chi connectivity index (χ1n) is 6.15. The Hall–Kier alpha value is -1.09. The van der Waals surface area contributed by atoms with Crippen LogP contribution in [0.1, 0.15) is 45.3 Å². The van der Waals surface area contributed by atoms with Crippen LogP contribution < -0.4 is 10.6 Å². The van der Waals surface area contributed by atoms with Gasteiger partial charge in [-0.2, -0.15) is 0 Å². The molecule has 0 spiro atoms. The van der Waals surface area contributed by atoms with Gasteiger partial charge in [0.2, 0.25) is 0 Å². The molecule has 0 bridgehead atoms. The Morgan fingerprint density at radius 3 is 2.25 bits per heavy atom. The first-order valence-corrected chi connectivity index (χ1v) is 6.15. The molecular weight excluding hydrogens is 198 g/mol. The van der Waals surface area contributed by atoms with Gasteiger partial charge in [-0.15, -0.1) is 0 Å². The molecule has 0 amide bonds. The molecule has 3 heteroatoms. The summed E-state index contributed by atoms with van der Waals surface area (Å²) >= 11 is 0. The molecule has 0 aliphatic carbocycles. The summed E-state index contributed by atoms with van der Waals surface area (Å²) in [6.07, 6.45) is 4.26. The Morgan fingerprint density at radius 1 is 1.25 bits per heavy atom. The van der Waals surface area contributed by atoms with Crippen LogP contribution in [0.3, 0.4) is 0 Å². The molecule has 1 aromatic rings. The molecule has 3 nitrogen and oxygen atoms in total. The molecule has 1 atom stereocenters. The van der Waals surface area contributed by atoms with Crippen molar-refractivity contribution in [2.75, 3.05) is 18.0 Å². The fraction of sp³-hybridized carbons (Fsp3) is 0.615. The summed E-state index contributed by atoms with van der Waals surface area (Å²) in [5, 5.41) is 0. The lowest BCUT2D eigenvalue weighted by Crippen LogP contribution is -2.25. The highest BCUT2D eigenvalue weighted by Gasteiger charge is 2.06. The molecule has 0 radical (unpaired) electrons. The topological polar surface area (TPSA) is 42.1 Å². The van der Waals surface area contributed by atoms with E-state index in [0.29, 0.717) is 0 Å². The van der Waals surface area contributed by atoms with Crippen LogP contribution in [-0.4, -0.2) is 18.1 Å². The second-order valence-corrected chi connectivity index (χ2v) is 4.22. The van der Waals surface area contributed by atoms with Gasteiger partial charge in [-0.3, -0.25) is 4.98 Å². The largest absolute Gasteiger partial charge is 0.370 e. The number of hydrogen-bond acceptors (Lipinski definition) is 3. The second kappa shape index (κ2) is 6.48. The van der Waals surface area contributed by atoms with E-state index in [9.17, 15) is 0 Å². The molecule has 2 N–H and O–H groups in total. The molecule has 16 heavy (non-hydrogen) atoms. The van der Waals surface area contributed by atoms with Crippen molar-refractivity contribution in [2.45, 2.75) is 39.7 Å². The van der Waals surface area contributed by atoms with E-state index in [0.717, 1.165) is 31.6 Å². The second-order valence-electron chi connectivity index (χ2n) is 4.22. The van der Waals surface area contributed by atoms with Crippen molar-refractivity contribution >= 4 is 5.69 Å². The van der Waals surface area contributed by atoms with Crippen molar-refractivity contribution in [1.82, 2.24) is 4.98 Å². The molecule has 1 rings (SSSR count). The Balaban J connectivity index is 2.76. The molecule has 0 saturated carbocycles. The van der Waals surface area contributed by atoms with Crippen LogP contribution in [0.25, 0.3) is 0 Å². The first-order chi connectivity index (χ1) is 7.69. The van der Waals surface area contributed by atoms with Crippen molar-refractivity contribution < 1.29 is 0 Å². The summed E-state index contributed by atoms with van der Waals surface area (Å²) in [5.74, 6) is 0. The zero-order valence-electron chi connectivity index (χ0n) is 10.6. The maximum absolute atomic E-state index is 5.78. The standard InChI is InChI=1S/C13H23N3/c1-4-8-16(9-5-2)12-6-7-13(11(3)14)15-10-12/h6-7,10-11H,4-5,8-9,14H2,1-3H3/t11-/m1/s1. The number of aromatic nitrogens is 1. The number of pyridine rings is 1. The van der Waals surface area contributed by atoms with E-state index in [1.807, 2.05) is 19.2 Å². The molecular formula is C13H23N3. The van der Waals surface area contributed by atoms with E-state index in [-0.39, 0.29) is 6.04 Å². The third kappa shape index (κ3) is 3.49. The maximum Gasteiger partial charge on any atom is 0.0569 e. The van der Waals surface area contributed by atoms with Gasteiger partial charge >= 0.3 is 0 Å².